The molecule has 0 heterocycles. The number of amides is 2. The molecule has 2 amide bonds. The number of nitrogens with zero attached hydrogens (tertiary/aromatic N) is 1. The zero-order valence-corrected chi connectivity index (χ0v) is 18.9. The normalized spacial score (nSPS) is 11.3. The minimum Gasteiger partial charge on any atom is -0.484 e. The number of anilines is 2. The molecule has 0 aliphatic rings. The molecule has 0 aromatic heterocycles. The molecule has 0 radical (unpaired) electrons. The van der Waals surface area contributed by atoms with E-state index in [1.54, 1.807) is 44.2 Å². The molecule has 0 bridgehead atoms. The van der Waals surface area contributed by atoms with Crippen LogP contribution in [0, 0.1) is 17.0 Å². The molecule has 0 fully saturated rings. The highest BCUT2D eigenvalue weighted by Crippen LogP contribution is 2.28. The quantitative estimate of drug-likeness (QED) is 0.260. The van der Waals surface area contributed by atoms with Crippen LogP contribution in [-0.2, 0) is 9.59 Å². The maximum atomic E-state index is 12.6. The number of aryl methyl sites for hydroxylation is 1. The van der Waals surface area contributed by atoms with Crippen molar-refractivity contribution in [3.8, 4) is 5.75 Å². The van der Waals surface area contributed by atoms with Gasteiger partial charge in [-0.15, -0.1) is 11.8 Å². The number of non-ortho nitro benzene ring substituents is 1. The summed E-state index contributed by atoms with van der Waals surface area (Å²) in [6.07, 6.45) is 0. The third kappa shape index (κ3) is 7.08. The van der Waals surface area contributed by atoms with Crippen molar-refractivity contribution >= 4 is 40.6 Å². The standard InChI is InChI=1S/C24H23N3O5S/c1-16-13-19(27(30)31)11-12-22(16)26-24(29)17(2)33-21-10-6-7-18(14-21)25-23(28)15-32-20-8-4-3-5-9-20/h3-14,17H,15H2,1-2H3,(H,25,28)(H,26,29). The molecule has 1 atom stereocenters. The third-order valence-corrected chi connectivity index (χ3v) is 5.69. The first-order chi connectivity index (χ1) is 15.8. The summed E-state index contributed by atoms with van der Waals surface area (Å²) >= 11 is 1.33. The predicted octanol–water partition coefficient (Wildman–Crippen LogP) is 5.04. The van der Waals surface area contributed by atoms with Gasteiger partial charge in [-0.05, 0) is 55.8 Å². The number of para-hydroxylation sites is 1. The van der Waals surface area contributed by atoms with Gasteiger partial charge in [0, 0.05) is 28.4 Å². The molecule has 3 rings (SSSR count). The fourth-order valence-electron chi connectivity index (χ4n) is 2.90. The molecule has 0 aliphatic heterocycles. The number of thioether (sulfide) groups is 1. The molecule has 0 aliphatic carbocycles. The van der Waals surface area contributed by atoms with E-state index in [-0.39, 0.29) is 24.1 Å². The van der Waals surface area contributed by atoms with E-state index in [2.05, 4.69) is 10.6 Å². The Bertz CT molecular complexity index is 1150. The Kier molecular flexibility index (Phi) is 8.04. The van der Waals surface area contributed by atoms with E-state index < -0.39 is 10.2 Å². The van der Waals surface area contributed by atoms with Gasteiger partial charge in [0.05, 0.1) is 10.2 Å². The van der Waals surface area contributed by atoms with Crippen LogP contribution < -0.4 is 15.4 Å². The highest BCUT2D eigenvalue weighted by molar-refractivity contribution is 8.00. The van der Waals surface area contributed by atoms with Crippen molar-refractivity contribution in [1.82, 2.24) is 0 Å². The fraction of sp³-hybridized carbons (Fsp3) is 0.167. The van der Waals surface area contributed by atoms with E-state index >= 15 is 0 Å². The van der Waals surface area contributed by atoms with Gasteiger partial charge in [0.1, 0.15) is 5.75 Å². The lowest BCUT2D eigenvalue weighted by atomic mass is 10.2. The molecule has 9 heteroatoms. The molecule has 3 aromatic rings. The van der Waals surface area contributed by atoms with Crippen molar-refractivity contribution in [2.45, 2.75) is 24.0 Å². The SMILES string of the molecule is Cc1cc([N+](=O)[O-])ccc1NC(=O)C(C)Sc1cccc(NC(=O)COc2ccccc2)c1. The molecule has 0 saturated heterocycles. The third-order valence-electron chi connectivity index (χ3n) is 4.59. The van der Waals surface area contributed by atoms with Gasteiger partial charge in [-0.2, -0.15) is 0 Å². The smallest absolute Gasteiger partial charge is 0.269 e. The lowest BCUT2D eigenvalue weighted by molar-refractivity contribution is -0.384. The van der Waals surface area contributed by atoms with E-state index in [1.165, 1.54) is 30.0 Å². The fourth-order valence-corrected chi connectivity index (χ4v) is 3.83. The number of ether oxygens (including phenoxy) is 1. The Morgan fingerprint density at radius 1 is 1.03 bits per heavy atom. The zero-order chi connectivity index (χ0) is 23.8. The second-order valence-corrected chi connectivity index (χ2v) is 8.60. The summed E-state index contributed by atoms with van der Waals surface area (Å²) in [5.41, 5.74) is 1.70. The van der Waals surface area contributed by atoms with Gasteiger partial charge in [-0.25, -0.2) is 0 Å². The van der Waals surface area contributed by atoms with Crippen LogP contribution in [0.1, 0.15) is 12.5 Å². The largest absolute Gasteiger partial charge is 0.484 e. The molecule has 1 unspecified atom stereocenters. The maximum Gasteiger partial charge on any atom is 0.269 e. The lowest BCUT2D eigenvalue weighted by Crippen LogP contribution is -2.23. The van der Waals surface area contributed by atoms with E-state index in [9.17, 15) is 19.7 Å². The number of carbonyl (C=O) groups excluding carboxylic acids is 2. The lowest BCUT2D eigenvalue weighted by Gasteiger charge is -2.14. The Morgan fingerprint density at radius 3 is 2.48 bits per heavy atom. The van der Waals surface area contributed by atoms with Crippen molar-refractivity contribution in [2.24, 2.45) is 0 Å². The number of carbonyl (C=O) groups is 2. The summed E-state index contributed by atoms with van der Waals surface area (Å²) in [4.78, 5) is 36.0. The summed E-state index contributed by atoms with van der Waals surface area (Å²) in [5, 5.41) is 16.0. The van der Waals surface area contributed by atoms with E-state index in [0.717, 1.165) is 4.90 Å². The average Bonchev–Trinajstić information content (AvgIpc) is 2.79. The van der Waals surface area contributed by atoms with Gasteiger partial charge < -0.3 is 15.4 Å². The van der Waals surface area contributed by atoms with Gasteiger partial charge in [0.2, 0.25) is 5.91 Å². The number of nitrogens with one attached hydrogen (secondary N) is 2. The second kappa shape index (κ2) is 11.1. The molecule has 170 valence electrons. The van der Waals surface area contributed by atoms with Crippen molar-refractivity contribution < 1.29 is 19.2 Å². The molecule has 8 nitrogen and oxygen atoms in total. The van der Waals surface area contributed by atoms with Crippen LogP contribution in [0.2, 0.25) is 0 Å². The topological polar surface area (TPSA) is 111 Å². The Balaban J connectivity index is 1.55. The average molecular weight is 466 g/mol. The summed E-state index contributed by atoms with van der Waals surface area (Å²) in [7, 11) is 0. The van der Waals surface area contributed by atoms with Crippen LogP contribution in [-0.4, -0.2) is 28.6 Å². The Morgan fingerprint density at radius 2 is 1.79 bits per heavy atom. The molecular weight excluding hydrogens is 442 g/mol. The monoisotopic (exact) mass is 465 g/mol. The van der Waals surface area contributed by atoms with Gasteiger partial charge in [-0.3, -0.25) is 19.7 Å². The van der Waals surface area contributed by atoms with E-state index in [1.807, 2.05) is 24.3 Å². The van der Waals surface area contributed by atoms with Crippen LogP contribution in [0.3, 0.4) is 0 Å². The zero-order valence-electron chi connectivity index (χ0n) is 18.1. The van der Waals surface area contributed by atoms with Crippen LogP contribution in [0.15, 0.2) is 77.7 Å². The van der Waals surface area contributed by atoms with Crippen LogP contribution in [0.25, 0.3) is 0 Å². The van der Waals surface area contributed by atoms with Crippen molar-refractivity contribution in [1.29, 1.82) is 0 Å². The molecule has 33 heavy (non-hydrogen) atoms. The minimum absolute atomic E-state index is 0.0269. The van der Waals surface area contributed by atoms with Gasteiger partial charge in [0.15, 0.2) is 6.61 Å². The first kappa shape index (κ1) is 23.8. The van der Waals surface area contributed by atoms with Crippen LogP contribution >= 0.6 is 11.8 Å². The van der Waals surface area contributed by atoms with Crippen molar-refractivity contribution in [3.63, 3.8) is 0 Å². The minimum atomic E-state index is -0.476. The highest BCUT2D eigenvalue weighted by Gasteiger charge is 2.17. The molecule has 0 saturated carbocycles. The van der Waals surface area contributed by atoms with Crippen molar-refractivity contribution in [2.75, 3.05) is 17.2 Å². The van der Waals surface area contributed by atoms with Crippen LogP contribution in [0.4, 0.5) is 17.1 Å². The number of nitro groups is 1. The first-order valence-corrected chi connectivity index (χ1v) is 11.0. The van der Waals surface area contributed by atoms with Crippen LogP contribution in [0.5, 0.6) is 5.75 Å². The highest BCUT2D eigenvalue weighted by atomic mass is 32.2. The van der Waals surface area contributed by atoms with Crippen molar-refractivity contribution in [3.05, 3.63) is 88.5 Å². The van der Waals surface area contributed by atoms with E-state index in [0.29, 0.717) is 22.7 Å². The van der Waals surface area contributed by atoms with Gasteiger partial charge in [0.25, 0.3) is 11.6 Å². The second-order valence-electron chi connectivity index (χ2n) is 7.18. The molecule has 2 N–H and O–H groups in total. The Hall–Kier alpha value is -3.85. The first-order valence-electron chi connectivity index (χ1n) is 10.1. The Labute approximate surface area is 195 Å². The summed E-state index contributed by atoms with van der Waals surface area (Å²) in [6, 6.07) is 20.5. The van der Waals surface area contributed by atoms with Gasteiger partial charge >= 0.3 is 0 Å². The summed E-state index contributed by atoms with van der Waals surface area (Å²) in [5.74, 6) is 0.0862. The number of hydrogen-bond acceptors (Lipinski definition) is 6. The summed E-state index contributed by atoms with van der Waals surface area (Å²) < 4.78 is 5.45. The maximum absolute atomic E-state index is 12.6. The number of hydrogen-bond donors (Lipinski definition) is 2. The molecule has 0 spiro atoms. The number of rotatable bonds is 9. The van der Waals surface area contributed by atoms with Gasteiger partial charge in [-0.1, -0.05) is 24.3 Å². The molecular formula is C24H23N3O5S. The number of benzene rings is 3. The predicted molar refractivity (Wildman–Crippen MR) is 129 cm³/mol. The molecule has 3 aromatic carbocycles. The summed E-state index contributed by atoms with van der Waals surface area (Å²) in [6.45, 7) is 3.35. The number of nitro benzene ring substituents is 1. The van der Waals surface area contributed by atoms with E-state index in [4.69, 9.17) is 4.74 Å².